The van der Waals surface area contributed by atoms with E-state index < -0.39 is 0 Å². The van der Waals surface area contributed by atoms with Crippen molar-refractivity contribution >= 4 is 11.6 Å². The lowest BCUT2D eigenvalue weighted by Crippen LogP contribution is -2.03. The minimum Gasteiger partial charge on any atom is -0.481 e. The maximum Gasteiger partial charge on any atom is 0.242 e. The monoisotopic (exact) mass is 240 g/mol. The van der Waals surface area contributed by atoms with Crippen molar-refractivity contribution in [2.24, 2.45) is 0 Å². The van der Waals surface area contributed by atoms with Gasteiger partial charge in [0.05, 0.1) is 20.3 Å². The lowest BCUT2D eigenvalue weighted by atomic mass is 10.6. The lowest BCUT2D eigenvalue weighted by Gasteiger charge is -2.06. The average Bonchev–Trinajstić information content (AvgIpc) is 2.74. The van der Waals surface area contributed by atoms with Gasteiger partial charge in [-0.3, -0.25) is 4.57 Å². The van der Waals surface area contributed by atoms with E-state index in [1.54, 1.807) is 18.5 Å². The van der Waals surface area contributed by atoms with Crippen molar-refractivity contribution in [3.63, 3.8) is 0 Å². The largest absolute Gasteiger partial charge is 0.481 e. The van der Waals surface area contributed by atoms with Crippen LogP contribution in [0.25, 0.3) is 5.95 Å². The van der Waals surface area contributed by atoms with Crippen LogP contribution in [0.15, 0.2) is 18.5 Å². The fraction of sp³-hybridized carbons (Fsp3) is 0.222. The Morgan fingerprint density at radius 3 is 2.25 bits per heavy atom. The molecule has 0 atom stereocenters. The third-order valence-corrected chi connectivity index (χ3v) is 2.18. The van der Waals surface area contributed by atoms with E-state index in [0.29, 0.717) is 17.7 Å². The molecule has 0 bridgehead atoms. The molecule has 7 heteroatoms. The molecular formula is C9H9ClN4O2. The highest BCUT2D eigenvalue weighted by atomic mass is 35.5. The summed E-state index contributed by atoms with van der Waals surface area (Å²) < 4.78 is 11.6. The van der Waals surface area contributed by atoms with Gasteiger partial charge in [-0.1, -0.05) is 0 Å². The second kappa shape index (κ2) is 4.36. The van der Waals surface area contributed by atoms with Gasteiger partial charge in [0.25, 0.3) is 0 Å². The Labute approximate surface area is 96.8 Å². The Hall–Kier alpha value is -1.82. The highest BCUT2D eigenvalue weighted by Crippen LogP contribution is 2.19. The number of nitrogens with zero attached hydrogens (tertiary/aromatic N) is 4. The first-order chi connectivity index (χ1) is 7.74. The number of hydrogen-bond acceptors (Lipinski definition) is 5. The molecule has 16 heavy (non-hydrogen) atoms. The van der Waals surface area contributed by atoms with E-state index in [4.69, 9.17) is 21.1 Å². The van der Waals surface area contributed by atoms with Gasteiger partial charge < -0.3 is 9.47 Å². The fourth-order valence-electron chi connectivity index (χ4n) is 1.14. The minimum absolute atomic E-state index is 0.273. The van der Waals surface area contributed by atoms with Gasteiger partial charge in [0, 0.05) is 12.4 Å². The van der Waals surface area contributed by atoms with Crippen molar-refractivity contribution in [2.75, 3.05) is 14.2 Å². The van der Waals surface area contributed by atoms with Crippen LogP contribution in [0.5, 0.6) is 11.8 Å². The molecule has 2 rings (SSSR count). The van der Waals surface area contributed by atoms with Gasteiger partial charge in [-0.05, 0) is 11.6 Å². The molecule has 2 heterocycles. The summed E-state index contributed by atoms with van der Waals surface area (Å²) in [6.07, 6.45) is 3.20. The number of ether oxygens (including phenoxy) is 2. The molecule has 6 nitrogen and oxygen atoms in total. The van der Waals surface area contributed by atoms with Crippen LogP contribution in [-0.4, -0.2) is 33.7 Å². The quantitative estimate of drug-likeness (QED) is 0.810. The van der Waals surface area contributed by atoms with E-state index in [1.807, 2.05) is 0 Å². The first kappa shape index (κ1) is 10.7. The van der Waals surface area contributed by atoms with Gasteiger partial charge in [-0.25, -0.2) is 4.98 Å². The maximum absolute atomic E-state index is 5.86. The van der Waals surface area contributed by atoms with Crippen molar-refractivity contribution in [2.45, 2.75) is 0 Å². The van der Waals surface area contributed by atoms with Crippen molar-refractivity contribution in [3.8, 4) is 17.7 Å². The molecule has 0 spiro atoms. The summed E-state index contributed by atoms with van der Waals surface area (Å²) >= 11 is 5.86. The Balaban J connectivity index is 2.52. The zero-order valence-corrected chi connectivity index (χ0v) is 9.47. The van der Waals surface area contributed by atoms with E-state index in [1.165, 1.54) is 18.8 Å². The summed E-state index contributed by atoms with van der Waals surface area (Å²) in [4.78, 5) is 12.1. The summed E-state index contributed by atoms with van der Waals surface area (Å²) in [5, 5.41) is 0.273. The standard InChI is InChI=1S/C9H9ClN4O2/c1-15-6-5-7(16-2)13-9(12-6)14-4-3-11-8(14)10/h3-5H,1-2H3. The van der Waals surface area contributed by atoms with Gasteiger partial charge in [0.15, 0.2) is 0 Å². The minimum atomic E-state index is 0.273. The zero-order valence-electron chi connectivity index (χ0n) is 8.72. The summed E-state index contributed by atoms with van der Waals surface area (Å²) in [5.74, 6) is 1.14. The van der Waals surface area contributed by atoms with Crippen LogP contribution in [0.1, 0.15) is 0 Å². The molecule has 0 amide bonds. The number of hydrogen-bond donors (Lipinski definition) is 0. The number of rotatable bonds is 3. The molecule has 0 unspecified atom stereocenters. The average molecular weight is 241 g/mol. The lowest BCUT2D eigenvalue weighted by molar-refractivity contribution is 0.370. The van der Waals surface area contributed by atoms with Gasteiger partial charge in [0.2, 0.25) is 23.0 Å². The Bertz CT molecular complexity index is 478. The molecule has 0 saturated heterocycles. The van der Waals surface area contributed by atoms with Crippen LogP contribution in [0.4, 0.5) is 0 Å². The Kier molecular flexibility index (Phi) is 2.91. The van der Waals surface area contributed by atoms with E-state index in [9.17, 15) is 0 Å². The number of aromatic nitrogens is 4. The molecule has 0 aliphatic heterocycles. The second-order valence-corrected chi connectivity index (χ2v) is 3.16. The first-order valence-corrected chi connectivity index (χ1v) is 4.78. The van der Waals surface area contributed by atoms with Crippen LogP contribution in [0.2, 0.25) is 5.28 Å². The maximum atomic E-state index is 5.86. The normalized spacial score (nSPS) is 10.2. The second-order valence-electron chi connectivity index (χ2n) is 2.82. The SMILES string of the molecule is COc1cc(OC)nc(-n2ccnc2Cl)n1. The number of imidazole rings is 1. The summed E-state index contributed by atoms with van der Waals surface area (Å²) in [6.45, 7) is 0. The van der Waals surface area contributed by atoms with Crippen molar-refractivity contribution < 1.29 is 9.47 Å². The summed E-state index contributed by atoms with van der Waals surface area (Å²) in [6, 6.07) is 1.58. The molecule has 0 aromatic carbocycles. The van der Waals surface area contributed by atoms with E-state index in [-0.39, 0.29) is 5.28 Å². The van der Waals surface area contributed by atoms with Crippen molar-refractivity contribution in [3.05, 3.63) is 23.7 Å². The topological polar surface area (TPSA) is 62.1 Å². The molecule has 0 radical (unpaired) electrons. The van der Waals surface area contributed by atoms with Crippen LogP contribution in [-0.2, 0) is 0 Å². The van der Waals surface area contributed by atoms with Crippen LogP contribution < -0.4 is 9.47 Å². The highest BCUT2D eigenvalue weighted by Gasteiger charge is 2.09. The fourth-order valence-corrected chi connectivity index (χ4v) is 1.33. The molecule has 0 saturated carbocycles. The molecule has 84 valence electrons. The molecule has 0 aliphatic carbocycles. The summed E-state index contributed by atoms with van der Waals surface area (Å²) in [5.41, 5.74) is 0. The van der Waals surface area contributed by atoms with Crippen molar-refractivity contribution in [1.82, 2.24) is 19.5 Å². The number of halogens is 1. The molecule has 0 aliphatic rings. The smallest absolute Gasteiger partial charge is 0.242 e. The highest BCUT2D eigenvalue weighted by molar-refractivity contribution is 6.28. The third-order valence-electron chi connectivity index (χ3n) is 1.90. The Morgan fingerprint density at radius 2 is 1.81 bits per heavy atom. The van der Waals surface area contributed by atoms with Crippen LogP contribution in [0.3, 0.4) is 0 Å². The van der Waals surface area contributed by atoms with Gasteiger partial charge in [-0.2, -0.15) is 9.97 Å². The van der Waals surface area contributed by atoms with Gasteiger partial charge in [-0.15, -0.1) is 0 Å². The Morgan fingerprint density at radius 1 is 1.19 bits per heavy atom. The van der Waals surface area contributed by atoms with Crippen LogP contribution in [0, 0.1) is 0 Å². The van der Waals surface area contributed by atoms with Gasteiger partial charge in [0.1, 0.15) is 0 Å². The van der Waals surface area contributed by atoms with Gasteiger partial charge >= 0.3 is 0 Å². The number of methoxy groups -OCH3 is 2. The predicted molar refractivity (Wildman–Crippen MR) is 57.3 cm³/mol. The molecular weight excluding hydrogens is 232 g/mol. The predicted octanol–water partition coefficient (Wildman–Crippen LogP) is 1.33. The first-order valence-electron chi connectivity index (χ1n) is 4.41. The van der Waals surface area contributed by atoms with E-state index in [2.05, 4.69) is 15.0 Å². The third kappa shape index (κ3) is 1.92. The summed E-state index contributed by atoms with van der Waals surface area (Å²) in [7, 11) is 3.03. The molecule has 0 N–H and O–H groups in total. The molecule has 2 aromatic heterocycles. The zero-order chi connectivity index (χ0) is 11.5. The van der Waals surface area contributed by atoms with Crippen molar-refractivity contribution in [1.29, 1.82) is 0 Å². The molecule has 2 aromatic rings. The molecule has 0 fully saturated rings. The van der Waals surface area contributed by atoms with Crippen LogP contribution >= 0.6 is 11.6 Å². The van der Waals surface area contributed by atoms with E-state index >= 15 is 0 Å². The van der Waals surface area contributed by atoms with E-state index in [0.717, 1.165) is 0 Å².